The normalized spacial score (nSPS) is 34.1. The van der Waals surface area contributed by atoms with Crippen molar-refractivity contribution < 1.29 is 14.7 Å². The van der Waals surface area contributed by atoms with Gasteiger partial charge >= 0.3 is 0 Å². The molecule has 1 N–H and O–H groups in total. The van der Waals surface area contributed by atoms with E-state index in [1.54, 1.807) is 19.1 Å². The second-order valence-electron chi connectivity index (χ2n) is 5.98. The summed E-state index contributed by atoms with van der Waals surface area (Å²) in [7, 11) is 0. The van der Waals surface area contributed by atoms with Crippen molar-refractivity contribution in [3.05, 3.63) is 35.9 Å². The zero-order valence-electron chi connectivity index (χ0n) is 11.1. The number of aromatic hydroxyl groups is 1. The van der Waals surface area contributed by atoms with Crippen molar-refractivity contribution >= 4 is 17.5 Å². The number of allylic oxidation sites excluding steroid dienone is 2. The van der Waals surface area contributed by atoms with E-state index >= 15 is 0 Å². The van der Waals surface area contributed by atoms with Crippen molar-refractivity contribution in [1.82, 2.24) is 0 Å². The molecule has 4 atom stereocenters. The summed E-state index contributed by atoms with van der Waals surface area (Å²) in [6.45, 7) is 1.80. The molecule has 1 heterocycles. The number of phenols is 1. The molecule has 1 saturated heterocycles. The van der Waals surface area contributed by atoms with Crippen molar-refractivity contribution in [2.24, 2.45) is 23.7 Å². The molecule has 2 bridgehead atoms. The molecule has 20 heavy (non-hydrogen) atoms. The number of imide groups is 1. The largest absolute Gasteiger partial charge is 0.508 e. The van der Waals surface area contributed by atoms with Crippen LogP contribution in [0.1, 0.15) is 12.0 Å². The maximum atomic E-state index is 12.6. The van der Waals surface area contributed by atoms with E-state index in [2.05, 4.69) is 12.2 Å². The molecule has 3 aliphatic rings. The Balaban J connectivity index is 1.78. The summed E-state index contributed by atoms with van der Waals surface area (Å²) in [6, 6.07) is 4.75. The van der Waals surface area contributed by atoms with Crippen molar-refractivity contribution in [3.63, 3.8) is 0 Å². The number of phenolic OH excluding ortho intramolecular Hbond substituents is 1. The molecule has 102 valence electrons. The molecule has 0 aromatic heterocycles. The molecule has 1 aromatic carbocycles. The maximum absolute atomic E-state index is 12.6. The van der Waals surface area contributed by atoms with Gasteiger partial charge in [-0.3, -0.25) is 9.59 Å². The van der Waals surface area contributed by atoms with Crippen LogP contribution in [0.4, 0.5) is 5.69 Å². The molecule has 1 aliphatic heterocycles. The summed E-state index contributed by atoms with van der Waals surface area (Å²) in [5.74, 6) is 0.0905. The standard InChI is InChI=1S/C16H15NO3/c1-8-6-11(18)4-5-12(8)17-15(19)13-9-2-3-10(7-9)14(13)16(17)20/h2-6,9-10,13-14,18H,7H2,1H3/t9-,10-,13-,14-/m0/s1. The zero-order chi connectivity index (χ0) is 14.0. The van der Waals surface area contributed by atoms with E-state index < -0.39 is 0 Å². The van der Waals surface area contributed by atoms with E-state index in [1.165, 1.54) is 11.0 Å². The average molecular weight is 269 g/mol. The Morgan fingerprint density at radius 1 is 1.10 bits per heavy atom. The van der Waals surface area contributed by atoms with Gasteiger partial charge in [0.1, 0.15) is 5.75 Å². The number of benzene rings is 1. The Kier molecular flexibility index (Phi) is 2.18. The highest BCUT2D eigenvalue weighted by molar-refractivity contribution is 6.23. The first-order chi connectivity index (χ1) is 9.58. The number of carbonyl (C=O) groups is 2. The van der Waals surface area contributed by atoms with Gasteiger partial charge < -0.3 is 5.11 Å². The van der Waals surface area contributed by atoms with Crippen LogP contribution in [0.5, 0.6) is 5.75 Å². The van der Waals surface area contributed by atoms with Crippen molar-refractivity contribution in [2.45, 2.75) is 13.3 Å². The number of rotatable bonds is 1. The highest BCUT2D eigenvalue weighted by Crippen LogP contribution is 2.53. The number of amides is 2. The topological polar surface area (TPSA) is 57.6 Å². The lowest BCUT2D eigenvalue weighted by atomic mass is 9.85. The zero-order valence-corrected chi connectivity index (χ0v) is 11.1. The molecule has 4 heteroatoms. The number of carbonyl (C=O) groups excluding carboxylic acids is 2. The van der Waals surface area contributed by atoms with Crippen molar-refractivity contribution in [3.8, 4) is 5.75 Å². The van der Waals surface area contributed by atoms with Gasteiger partial charge in [0.2, 0.25) is 11.8 Å². The summed E-state index contributed by atoms with van der Waals surface area (Å²) in [4.78, 5) is 26.6. The SMILES string of the molecule is Cc1cc(O)ccc1N1C(=O)[C@@H]2[C@@H](C1=O)[C@H]1C=C[C@H]2C1. The highest BCUT2D eigenvalue weighted by Gasteiger charge is 2.59. The molecule has 1 saturated carbocycles. The number of hydrogen-bond donors (Lipinski definition) is 1. The van der Waals surface area contributed by atoms with Crippen molar-refractivity contribution in [1.29, 1.82) is 0 Å². The van der Waals surface area contributed by atoms with Gasteiger partial charge in [0.15, 0.2) is 0 Å². The number of aryl methyl sites for hydroxylation is 1. The van der Waals surface area contributed by atoms with Crippen LogP contribution in [-0.4, -0.2) is 16.9 Å². The summed E-state index contributed by atoms with van der Waals surface area (Å²) in [5.41, 5.74) is 1.35. The smallest absolute Gasteiger partial charge is 0.238 e. The molecule has 4 nitrogen and oxygen atoms in total. The van der Waals surface area contributed by atoms with E-state index in [0.717, 1.165) is 12.0 Å². The van der Waals surface area contributed by atoms with Crippen LogP contribution in [-0.2, 0) is 9.59 Å². The molecule has 2 amide bonds. The van der Waals surface area contributed by atoms with Gasteiger partial charge in [-0.1, -0.05) is 12.2 Å². The van der Waals surface area contributed by atoms with Gasteiger partial charge in [0.25, 0.3) is 0 Å². The highest BCUT2D eigenvalue weighted by atomic mass is 16.3. The van der Waals surface area contributed by atoms with Crippen LogP contribution in [0, 0.1) is 30.6 Å². The maximum Gasteiger partial charge on any atom is 0.238 e. The number of fused-ring (bicyclic) bond motifs is 5. The van der Waals surface area contributed by atoms with Gasteiger partial charge in [-0.05, 0) is 48.9 Å². The quantitative estimate of drug-likeness (QED) is 0.626. The summed E-state index contributed by atoms with van der Waals surface area (Å²) >= 11 is 0. The van der Waals surface area contributed by atoms with Crippen LogP contribution < -0.4 is 4.90 Å². The molecule has 0 unspecified atom stereocenters. The first kappa shape index (κ1) is 11.7. The molecule has 0 spiro atoms. The average Bonchev–Trinajstić information content (AvgIpc) is 3.06. The molecule has 1 aromatic rings. The Hall–Kier alpha value is -2.10. The van der Waals surface area contributed by atoms with E-state index in [-0.39, 0.29) is 41.2 Å². The van der Waals surface area contributed by atoms with E-state index in [4.69, 9.17) is 0 Å². The monoisotopic (exact) mass is 269 g/mol. The first-order valence-electron chi connectivity index (χ1n) is 6.93. The molecular weight excluding hydrogens is 254 g/mol. The third-order valence-electron chi connectivity index (χ3n) is 4.89. The van der Waals surface area contributed by atoms with Crippen LogP contribution >= 0.6 is 0 Å². The molecule has 4 rings (SSSR count). The number of hydrogen-bond acceptors (Lipinski definition) is 3. The number of nitrogens with zero attached hydrogens (tertiary/aromatic N) is 1. The fourth-order valence-electron chi connectivity index (χ4n) is 4.03. The first-order valence-corrected chi connectivity index (χ1v) is 6.93. The predicted molar refractivity (Wildman–Crippen MR) is 73.1 cm³/mol. The van der Waals surface area contributed by atoms with Gasteiger partial charge in [-0.15, -0.1) is 0 Å². The Bertz CT molecular complexity index is 634. The minimum atomic E-state index is -0.175. The van der Waals surface area contributed by atoms with Crippen molar-refractivity contribution in [2.75, 3.05) is 4.90 Å². The van der Waals surface area contributed by atoms with Crippen LogP contribution in [0.2, 0.25) is 0 Å². The van der Waals surface area contributed by atoms with Gasteiger partial charge in [-0.25, -0.2) is 4.90 Å². The predicted octanol–water partition coefficient (Wildman–Crippen LogP) is 2.01. The fourth-order valence-corrected chi connectivity index (χ4v) is 4.03. The van der Waals surface area contributed by atoms with Gasteiger partial charge in [0.05, 0.1) is 17.5 Å². The van der Waals surface area contributed by atoms with Gasteiger partial charge in [0, 0.05) is 0 Å². The molecule has 0 radical (unpaired) electrons. The van der Waals surface area contributed by atoms with E-state index in [9.17, 15) is 14.7 Å². The van der Waals surface area contributed by atoms with Crippen LogP contribution in [0.15, 0.2) is 30.4 Å². The Labute approximate surface area is 116 Å². The third-order valence-corrected chi connectivity index (χ3v) is 4.89. The third kappa shape index (κ3) is 1.31. The summed E-state index contributed by atoms with van der Waals surface area (Å²) in [6.07, 6.45) is 5.11. The second kappa shape index (κ2) is 3.72. The van der Waals surface area contributed by atoms with Crippen LogP contribution in [0.25, 0.3) is 0 Å². The van der Waals surface area contributed by atoms with E-state index in [0.29, 0.717) is 5.69 Å². The number of anilines is 1. The Morgan fingerprint density at radius 3 is 2.25 bits per heavy atom. The second-order valence-corrected chi connectivity index (χ2v) is 5.98. The minimum absolute atomic E-state index is 0.0781. The lowest BCUT2D eigenvalue weighted by molar-refractivity contribution is -0.123. The summed E-state index contributed by atoms with van der Waals surface area (Å²) < 4.78 is 0. The lowest BCUT2D eigenvalue weighted by Crippen LogP contribution is -2.33. The molecule has 2 aliphatic carbocycles. The molecule has 2 fully saturated rings. The Morgan fingerprint density at radius 2 is 1.70 bits per heavy atom. The van der Waals surface area contributed by atoms with Gasteiger partial charge in [-0.2, -0.15) is 0 Å². The minimum Gasteiger partial charge on any atom is -0.508 e. The lowest BCUT2D eigenvalue weighted by Gasteiger charge is -2.19. The fraction of sp³-hybridized carbons (Fsp3) is 0.375. The summed E-state index contributed by atoms with van der Waals surface area (Å²) in [5, 5.41) is 9.47. The van der Waals surface area contributed by atoms with Crippen LogP contribution in [0.3, 0.4) is 0 Å². The van der Waals surface area contributed by atoms with E-state index in [1.807, 2.05) is 0 Å². The molecular formula is C16H15NO3.